The van der Waals surface area contributed by atoms with Crippen molar-refractivity contribution in [2.24, 2.45) is 0 Å². The number of hydrogen-bond donors (Lipinski definition) is 0. The maximum Gasteiger partial charge on any atom is 0.0547 e. The molecule has 0 N–H and O–H groups in total. The topological polar surface area (TPSA) is 8.17 Å². The van der Waals surface area contributed by atoms with Gasteiger partial charge in [0.2, 0.25) is 0 Å². The van der Waals surface area contributed by atoms with E-state index in [0.29, 0.717) is 0 Å². The fourth-order valence-corrected chi connectivity index (χ4v) is 10.1. The lowest BCUT2D eigenvalue weighted by molar-refractivity contribution is 1.18. The van der Waals surface area contributed by atoms with E-state index in [4.69, 9.17) is 0 Å². The van der Waals surface area contributed by atoms with Crippen LogP contribution in [-0.2, 0) is 0 Å². The average Bonchev–Trinajstić information content (AvgIpc) is 3.77. The monoisotopic (exact) mass is 866 g/mol. The first kappa shape index (κ1) is 40.5. The number of nitrogens with zero attached hydrogens (tertiary/aromatic N) is 2. The zero-order chi connectivity index (χ0) is 45.2. The van der Waals surface area contributed by atoms with E-state index in [9.17, 15) is 0 Å². The minimum Gasteiger partial charge on any atom is -0.310 e. The molecule has 2 nitrogen and oxygen atoms in total. The first-order valence-electron chi connectivity index (χ1n) is 23.3. The van der Waals surface area contributed by atoms with Crippen LogP contribution in [0, 0.1) is 0 Å². The lowest BCUT2D eigenvalue weighted by atomic mass is 9.88. The summed E-state index contributed by atoms with van der Waals surface area (Å²) in [4.78, 5) is 2.42. The minimum atomic E-state index is 1.07. The molecule has 0 atom stereocenters. The molecule has 0 saturated heterocycles. The van der Waals surface area contributed by atoms with Crippen LogP contribution < -0.4 is 4.90 Å². The second-order valence-corrected chi connectivity index (χ2v) is 17.2. The number of benzene rings is 11. The van der Waals surface area contributed by atoms with E-state index >= 15 is 0 Å². The molecule has 0 spiro atoms. The SMILES string of the molecule is c1ccc(-c2ccc(-c3ccc(N(c4ccc(-c5cccc6c5c5ccccc5n6-c5ccccc5)cc4)c4ccccc4-c4ccccc4-c4ccccc4-c4ccccc4)cc3)cc2)cc1. The lowest BCUT2D eigenvalue weighted by Gasteiger charge is -2.29. The fraction of sp³-hybridized carbons (Fsp3) is 0. The van der Waals surface area contributed by atoms with Crippen molar-refractivity contribution in [2.75, 3.05) is 4.90 Å². The van der Waals surface area contributed by atoms with Gasteiger partial charge >= 0.3 is 0 Å². The summed E-state index contributed by atoms with van der Waals surface area (Å²) in [5.41, 5.74) is 21.0. The molecule has 320 valence electrons. The van der Waals surface area contributed by atoms with Gasteiger partial charge in [-0.1, -0.05) is 224 Å². The van der Waals surface area contributed by atoms with Crippen molar-refractivity contribution >= 4 is 38.9 Å². The highest BCUT2D eigenvalue weighted by Crippen LogP contribution is 2.46. The van der Waals surface area contributed by atoms with Crippen molar-refractivity contribution in [3.63, 3.8) is 0 Å². The van der Waals surface area contributed by atoms with Crippen LogP contribution in [-0.4, -0.2) is 4.57 Å². The molecule has 1 aromatic heterocycles. The Labute approximate surface area is 397 Å². The van der Waals surface area contributed by atoms with Crippen molar-refractivity contribution in [1.82, 2.24) is 4.57 Å². The zero-order valence-corrected chi connectivity index (χ0v) is 37.5. The van der Waals surface area contributed by atoms with Gasteiger partial charge in [0.25, 0.3) is 0 Å². The number of para-hydroxylation sites is 3. The molecule has 0 aliphatic heterocycles. The van der Waals surface area contributed by atoms with E-state index in [-0.39, 0.29) is 0 Å². The van der Waals surface area contributed by atoms with Gasteiger partial charge in [-0.3, -0.25) is 0 Å². The smallest absolute Gasteiger partial charge is 0.0547 e. The summed E-state index contributed by atoms with van der Waals surface area (Å²) < 4.78 is 2.39. The van der Waals surface area contributed by atoms with E-state index in [1.54, 1.807) is 0 Å². The second kappa shape index (κ2) is 17.8. The van der Waals surface area contributed by atoms with Crippen molar-refractivity contribution in [1.29, 1.82) is 0 Å². The summed E-state index contributed by atoms with van der Waals surface area (Å²) in [6.45, 7) is 0. The summed E-state index contributed by atoms with van der Waals surface area (Å²) in [5.74, 6) is 0. The Bertz CT molecular complexity index is 3680. The molecular weight excluding hydrogens is 821 g/mol. The standard InChI is InChI=1S/C66H46N2/c1-4-19-47(20-5-1)48-35-37-49(38-36-48)50-39-43-54(44-40-50)67(63-32-16-14-29-61(63)60-28-13-12-27-59(60)58-26-11-10-25-56(58)51-21-6-2-7-22-51)55-45-41-52(42-46-55)57-31-18-34-65-66(57)62-30-15-17-33-64(62)68(65)53-23-8-3-9-24-53/h1-46H. The van der Waals surface area contributed by atoms with Crippen LogP contribution in [0.2, 0.25) is 0 Å². The van der Waals surface area contributed by atoms with Crippen LogP contribution in [0.4, 0.5) is 17.1 Å². The molecule has 0 aliphatic rings. The summed E-state index contributed by atoms with van der Waals surface area (Å²) in [5, 5.41) is 2.49. The molecule has 2 heteroatoms. The van der Waals surface area contributed by atoms with Crippen molar-refractivity contribution < 1.29 is 0 Å². The number of fused-ring (bicyclic) bond motifs is 3. The third kappa shape index (κ3) is 7.45. The van der Waals surface area contributed by atoms with Gasteiger partial charge < -0.3 is 9.47 Å². The van der Waals surface area contributed by atoms with Crippen LogP contribution in [0.15, 0.2) is 279 Å². The first-order valence-corrected chi connectivity index (χ1v) is 23.3. The third-order valence-corrected chi connectivity index (χ3v) is 13.3. The Hall–Kier alpha value is -8.98. The number of hydrogen-bond acceptors (Lipinski definition) is 1. The van der Waals surface area contributed by atoms with Gasteiger partial charge in [-0.25, -0.2) is 0 Å². The molecule has 0 saturated carbocycles. The predicted octanol–water partition coefficient (Wildman–Crippen LogP) is 18.3. The molecule has 68 heavy (non-hydrogen) atoms. The maximum atomic E-state index is 2.42. The normalized spacial score (nSPS) is 11.2. The maximum absolute atomic E-state index is 2.42. The van der Waals surface area contributed by atoms with Crippen molar-refractivity contribution in [3.8, 4) is 72.4 Å². The van der Waals surface area contributed by atoms with E-state index in [0.717, 1.165) is 28.3 Å². The summed E-state index contributed by atoms with van der Waals surface area (Å²) >= 11 is 0. The van der Waals surface area contributed by atoms with Crippen molar-refractivity contribution in [3.05, 3.63) is 279 Å². The van der Waals surface area contributed by atoms with Crippen molar-refractivity contribution in [2.45, 2.75) is 0 Å². The fourth-order valence-electron chi connectivity index (χ4n) is 10.1. The average molecular weight is 867 g/mol. The quantitative estimate of drug-likeness (QED) is 0.133. The molecule has 0 bridgehead atoms. The molecule has 1 heterocycles. The van der Waals surface area contributed by atoms with E-state index in [1.165, 1.54) is 83.0 Å². The van der Waals surface area contributed by atoms with Gasteiger partial charge in [0.15, 0.2) is 0 Å². The first-order chi connectivity index (χ1) is 33.8. The number of rotatable bonds is 10. The van der Waals surface area contributed by atoms with E-state index in [2.05, 4.69) is 289 Å². The Morgan fingerprint density at radius 2 is 0.618 bits per heavy atom. The molecule has 11 aromatic carbocycles. The summed E-state index contributed by atoms with van der Waals surface area (Å²) in [6, 6.07) is 101. The highest BCUT2D eigenvalue weighted by Gasteiger charge is 2.21. The predicted molar refractivity (Wildman–Crippen MR) is 288 cm³/mol. The van der Waals surface area contributed by atoms with E-state index < -0.39 is 0 Å². The van der Waals surface area contributed by atoms with Gasteiger partial charge in [-0.15, -0.1) is 0 Å². The third-order valence-electron chi connectivity index (χ3n) is 13.3. The largest absolute Gasteiger partial charge is 0.310 e. The lowest BCUT2D eigenvalue weighted by Crippen LogP contribution is -2.11. The Morgan fingerprint density at radius 3 is 1.24 bits per heavy atom. The Kier molecular flexibility index (Phi) is 10.6. The Morgan fingerprint density at radius 1 is 0.235 bits per heavy atom. The summed E-state index contributed by atoms with van der Waals surface area (Å²) in [7, 11) is 0. The minimum absolute atomic E-state index is 1.07. The molecule has 0 radical (unpaired) electrons. The van der Waals surface area contributed by atoms with E-state index in [1.807, 2.05) is 0 Å². The highest BCUT2D eigenvalue weighted by molar-refractivity contribution is 6.16. The molecule has 0 fully saturated rings. The van der Waals surface area contributed by atoms with Gasteiger partial charge in [-0.2, -0.15) is 0 Å². The molecule has 0 amide bonds. The van der Waals surface area contributed by atoms with Gasteiger partial charge in [-0.05, 0) is 116 Å². The number of anilines is 3. The molecule has 12 rings (SSSR count). The van der Waals surface area contributed by atoms with Gasteiger partial charge in [0.1, 0.15) is 0 Å². The van der Waals surface area contributed by atoms with Crippen LogP contribution >= 0.6 is 0 Å². The zero-order valence-electron chi connectivity index (χ0n) is 37.5. The number of aromatic nitrogens is 1. The van der Waals surface area contributed by atoms with Gasteiger partial charge in [0.05, 0.1) is 16.7 Å². The van der Waals surface area contributed by atoms with Crippen LogP contribution in [0.3, 0.4) is 0 Å². The summed E-state index contributed by atoms with van der Waals surface area (Å²) in [6.07, 6.45) is 0. The van der Waals surface area contributed by atoms with Crippen LogP contribution in [0.1, 0.15) is 0 Å². The second-order valence-electron chi connectivity index (χ2n) is 17.2. The molecule has 0 unspecified atom stereocenters. The Balaban J connectivity index is 0.992. The van der Waals surface area contributed by atoms with Crippen LogP contribution in [0.5, 0.6) is 0 Å². The molecule has 0 aliphatic carbocycles. The molecule has 12 aromatic rings. The molecular formula is C66H46N2. The van der Waals surface area contributed by atoms with Gasteiger partial charge in [0, 0.05) is 33.4 Å². The van der Waals surface area contributed by atoms with Crippen LogP contribution in [0.25, 0.3) is 94.3 Å². The highest BCUT2D eigenvalue weighted by atomic mass is 15.1.